The summed E-state index contributed by atoms with van der Waals surface area (Å²) in [5.74, 6) is 1.06. The second kappa shape index (κ2) is 8.02. The van der Waals surface area contributed by atoms with Gasteiger partial charge in [-0.3, -0.25) is 9.88 Å². The van der Waals surface area contributed by atoms with E-state index < -0.39 is 0 Å². The van der Waals surface area contributed by atoms with Gasteiger partial charge in [0.05, 0.1) is 29.3 Å². The zero-order valence-corrected chi connectivity index (χ0v) is 16.4. The SMILES string of the molecule is c1cnc2c(c1)CCCC2N(Cc1nc2ccccc2[nH]1)C[C@H]1CCCCN1. The molecule has 3 aromatic rings. The zero-order valence-electron chi connectivity index (χ0n) is 16.4. The van der Waals surface area contributed by atoms with Gasteiger partial charge in [0.2, 0.25) is 0 Å². The van der Waals surface area contributed by atoms with Crippen molar-refractivity contribution in [3.05, 3.63) is 59.7 Å². The minimum Gasteiger partial charge on any atom is -0.341 e. The van der Waals surface area contributed by atoms with Crippen molar-refractivity contribution in [2.24, 2.45) is 0 Å². The summed E-state index contributed by atoms with van der Waals surface area (Å²) < 4.78 is 0. The smallest absolute Gasteiger partial charge is 0.121 e. The maximum absolute atomic E-state index is 4.86. The Morgan fingerprint density at radius 3 is 2.89 bits per heavy atom. The molecule has 3 heterocycles. The number of fused-ring (bicyclic) bond motifs is 2. The monoisotopic (exact) mass is 375 g/mol. The Bertz CT molecular complexity index is 894. The lowest BCUT2D eigenvalue weighted by molar-refractivity contribution is 0.137. The van der Waals surface area contributed by atoms with Crippen LogP contribution >= 0.6 is 0 Å². The number of pyridine rings is 1. The van der Waals surface area contributed by atoms with Gasteiger partial charge >= 0.3 is 0 Å². The van der Waals surface area contributed by atoms with Crippen molar-refractivity contribution in [2.45, 2.75) is 57.2 Å². The van der Waals surface area contributed by atoms with Gasteiger partial charge in [-0.15, -0.1) is 0 Å². The lowest BCUT2D eigenvalue weighted by Gasteiger charge is -2.37. The van der Waals surface area contributed by atoms with Crippen LogP contribution in [0.25, 0.3) is 11.0 Å². The highest BCUT2D eigenvalue weighted by molar-refractivity contribution is 5.74. The van der Waals surface area contributed by atoms with Crippen LogP contribution in [0.2, 0.25) is 0 Å². The van der Waals surface area contributed by atoms with Gasteiger partial charge < -0.3 is 10.3 Å². The summed E-state index contributed by atoms with van der Waals surface area (Å²) in [4.78, 5) is 15.8. The molecule has 1 saturated heterocycles. The number of hydrogen-bond donors (Lipinski definition) is 2. The summed E-state index contributed by atoms with van der Waals surface area (Å²) in [6.07, 6.45) is 9.41. The van der Waals surface area contributed by atoms with Crippen molar-refractivity contribution in [1.82, 2.24) is 25.2 Å². The first-order chi connectivity index (χ1) is 13.9. The molecular formula is C23H29N5. The molecule has 0 amide bonds. The molecule has 146 valence electrons. The van der Waals surface area contributed by atoms with Gasteiger partial charge in [0.25, 0.3) is 0 Å². The van der Waals surface area contributed by atoms with Crippen LogP contribution in [0.5, 0.6) is 0 Å². The Labute approximate surface area is 166 Å². The quantitative estimate of drug-likeness (QED) is 0.708. The number of benzene rings is 1. The summed E-state index contributed by atoms with van der Waals surface area (Å²) in [6, 6.07) is 13.6. The van der Waals surface area contributed by atoms with E-state index in [-0.39, 0.29) is 0 Å². The molecule has 1 aliphatic carbocycles. The molecule has 2 aromatic heterocycles. The van der Waals surface area contributed by atoms with E-state index >= 15 is 0 Å². The number of rotatable bonds is 5. The number of piperidine rings is 1. The van der Waals surface area contributed by atoms with Crippen LogP contribution in [0.1, 0.15) is 55.2 Å². The van der Waals surface area contributed by atoms with Gasteiger partial charge in [0, 0.05) is 18.8 Å². The highest BCUT2D eigenvalue weighted by Crippen LogP contribution is 2.34. The van der Waals surface area contributed by atoms with E-state index in [1.165, 1.54) is 43.4 Å². The van der Waals surface area contributed by atoms with E-state index in [0.717, 1.165) is 42.9 Å². The highest BCUT2D eigenvalue weighted by Gasteiger charge is 2.30. The zero-order chi connectivity index (χ0) is 18.8. The maximum Gasteiger partial charge on any atom is 0.121 e. The predicted octanol–water partition coefficient (Wildman–Crippen LogP) is 3.98. The van der Waals surface area contributed by atoms with Crippen LogP contribution in [0.3, 0.4) is 0 Å². The topological polar surface area (TPSA) is 56.8 Å². The van der Waals surface area contributed by atoms with Crippen LogP contribution in [-0.4, -0.2) is 39.0 Å². The first kappa shape index (κ1) is 17.8. The number of nitrogens with zero attached hydrogens (tertiary/aromatic N) is 3. The number of aryl methyl sites for hydroxylation is 1. The fraction of sp³-hybridized carbons (Fsp3) is 0.478. The Balaban J connectivity index is 1.44. The van der Waals surface area contributed by atoms with Crippen molar-refractivity contribution >= 4 is 11.0 Å². The number of nitrogens with one attached hydrogen (secondary N) is 2. The molecule has 0 saturated carbocycles. The first-order valence-corrected chi connectivity index (χ1v) is 10.7. The fourth-order valence-electron chi connectivity index (χ4n) is 4.88. The molecule has 5 nitrogen and oxygen atoms in total. The second-order valence-corrected chi connectivity index (χ2v) is 8.23. The lowest BCUT2D eigenvalue weighted by atomic mass is 9.90. The van der Waals surface area contributed by atoms with Gasteiger partial charge in [-0.1, -0.05) is 24.6 Å². The molecule has 28 heavy (non-hydrogen) atoms. The van der Waals surface area contributed by atoms with E-state index in [0.29, 0.717) is 12.1 Å². The Kier molecular flexibility index (Phi) is 5.10. The van der Waals surface area contributed by atoms with Crippen molar-refractivity contribution < 1.29 is 0 Å². The average Bonchev–Trinajstić information content (AvgIpc) is 3.16. The van der Waals surface area contributed by atoms with Crippen LogP contribution in [0.15, 0.2) is 42.6 Å². The van der Waals surface area contributed by atoms with Crippen LogP contribution < -0.4 is 5.32 Å². The van der Waals surface area contributed by atoms with E-state index in [1.807, 2.05) is 6.20 Å². The maximum atomic E-state index is 4.86. The number of H-pyrrole nitrogens is 1. The van der Waals surface area contributed by atoms with E-state index in [4.69, 9.17) is 9.97 Å². The van der Waals surface area contributed by atoms with Gasteiger partial charge in [-0.2, -0.15) is 0 Å². The van der Waals surface area contributed by atoms with Crippen molar-refractivity contribution in [3.63, 3.8) is 0 Å². The molecule has 1 aliphatic heterocycles. The van der Waals surface area contributed by atoms with Gasteiger partial charge in [-0.25, -0.2) is 4.98 Å². The molecule has 5 rings (SSSR count). The summed E-state index contributed by atoms with van der Waals surface area (Å²) in [6.45, 7) is 3.04. The molecule has 0 bridgehead atoms. The third kappa shape index (κ3) is 3.69. The van der Waals surface area contributed by atoms with Crippen molar-refractivity contribution in [1.29, 1.82) is 0 Å². The molecule has 1 unspecified atom stereocenters. The molecule has 5 heteroatoms. The normalized spacial score (nSPS) is 22.5. The predicted molar refractivity (Wildman–Crippen MR) is 112 cm³/mol. The van der Waals surface area contributed by atoms with Crippen LogP contribution in [0, 0.1) is 0 Å². The minimum absolute atomic E-state index is 0.377. The number of aromatic amines is 1. The summed E-state index contributed by atoms with van der Waals surface area (Å²) in [7, 11) is 0. The molecular weight excluding hydrogens is 346 g/mol. The largest absolute Gasteiger partial charge is 0.341 e. The Morgan fingerprint density at radius 2 is 2.00 bits per heavy atom. The molecule has 0 radical (unpaired) electrons. The van der Waals surface area contributed by atoms with Crippen LogP contribution in [-0.2, 0) is 13.0 Å². The van der Waals surface area contributed by atoms with Gasteiger partial charge in [-0.05, 0) is 62.4 Å². The minimum atomic E-state index is 0.377. The van der Waals surface area contributed by atoms with E-state index in [1.54, 1.807) is 0 Å². The van der Waals surface area contributed by atoms with E-state index in [2.05, 4.69) is 51.6 Å². The standard InChI is InChI=1S/C23H29N5/c1-2-11-20-19(10-1)26-22(27-20)16-28(15-18-9-3-4-13-24-18)21-12-5-7-17-8-6-14-25-23(17)21/h1-2,6,8,10-11,14,18,21,24H,3-5,7,9,12-13,15-16H2,(H,26,27)/t18-,21?/m1/s1. The lowest BCUT2D eigenvalue weighted by Crippen LogP contribution is -2.45. The molecule has 0 spiro atoms. The molecule has 2 atom stereocenters. The van der Waals surface area contributed by atoms with Crippen LogP contribution in [0.4, 0.5) is 0 Å². The number of hydrogen-bond acceptors (Lipinski definition) is 4. The second-order valence-electron chi connectivity index (χ2n) is 8.23. The number of imidazole rings is 1. The van der Waals surface area contributed by atoms with Crippen molar-refractivity contribution in [2.75, 3.05) is 13.1 Å². The summed E-state index contributed by atoms with van der Waals surface area (Å²) in [5.41, 5.74) is 4.87. The van der Waals surface area contributed by atoms with E-state index in [9.17, 15) is 0 Å². The van der Waals surface area contributed by atoms with Gasteiger partial charge in [0.15, 0.2) is 0 Å². The van der Waals surface area contributed by atoms with Crippen molar-refractivity contribution in [3.8, 4) is 0 Å². The molecule has 1 aromatic carbocycles. The molecule has 2 N–H and O–H groups in total. The number of aromatic nitrogens is 3. The molecule has 1 fully saturated rings. The summed E-state index contributed by atoms with van der Waals surface area (Å²) >= 11 is 0. The summed E-state index contributed by atoms with van der Waals surface area (Å²) in [5, 5.41) is 3.73. The highest BCUT2D eigenvalue weighted by atomic mass is 15.2. The molecule has 2 aliphatic rings. The fourth-order valence-corrected chi connectivity index (χ4v) is 4.88. The first-order valence-electron chi connectivity index (χ1n) is 10.7. The van der Waals surface area contributed by atoms with Gasteiger partial charge in [0.1, 0.15) is 5.82 Å². The third-order valence-corrected chi connectivity index (χ3v) is 6.26. The average molecular weight is 376 g/mol. The Hall–Kier alpha value is -2.24. The number of para-hydroxylation sites is 2. The third-order valence-electron chi connectivity index (χ3n) is 6.26. The Morgan fingerprint density at radius 1 is 1.04 bits per heavy atom.